The van der Waals surface area contributed by atoms with Crippen LogP contribution in [0.4, 0.5) is 5.69 Å². The Morgan fingerprint density at radius 3 is 2.90 bits per heavy atom. The lowest BCUT2D eigenvalue weighted by Crippen LogP contribution is -2.41. The highest BCUT2D eigenvalue weighted by Crippen LogP contribution is 2.28. The molecule has 3 heterocycles. The van der Waals surface area contributed by atoms with E-state index in [1.807, 2.05) is 0 Å². The molecular formula is C14H25N5O. The summed E-state index contributed by atoms with van der Waals surface area (Å²) in [5, 5.41) is 14.4. The van der Waals surface area contributed by atoms with Crippen LogP contribution >= 0.6 is 0 Å². The molecule has 2 aliphatic rings. The summed E-state index contributed by atoms with van der Waals surface area (Å²) in [6.45, 7) is 3.39. The molecule has 0 saturated carbocycles. The van der Waals surface area contributed by atoms with E-state index in [0.29, 0.717) is 18.3 Å². The summed E-state index contributed by atoms with van der Waals surface area (Å²) in [5.74, 6) is 0. The van der Waals surface area contributed by atoms with E-state index in [-0.39, 0.29) is 0 Å². The van der Waals surface area contributed by atoms with Gasteiger partial charge in [0.1, 0.15) is 0 Å². The summed E-state index contributed by atoms with van der Waals surface area (Å²) < 4.78 is 1.72. The first-order chi connectivity index (χ1) is 9.61. The van der Waals surface area contributed by atoms with Crippen LogP contribution in [0, 0.1) is 0 Å². The van der Waals surface area contributed by atoms with Crippen LogP contribution in [0.5, 0.6) is 0 Å². The molecular weight excluding hydrogens is 254 g/mol. The van der Waals surface area contributed by atoms with E-state index in [1.165, 1.54) is 19.3 Å². The molecule has 112 valence electrons. The van der Waals surface area contributed by atoms with E-state index in [9.17, 15) is 5.11 Å². The Kier molecular flexibility index (Phi) is 3.96. The number of nitrogens with two attached hydrogens (primary N) is 1. The number of likely N-dealkylation sites (tertiary alicyclic amines) is 1. The molecule has 3 atom stereocenters. The van der Waals surface area contributed by atoms with Crippen molar-refractivity contribution >= 4 is 5.69 Å². The fourth-order valence-corrected chi connectivity index (χ4v) is 3.60. The average molecular weight is 279 g/mol. The van der Waals surface area contributed by atoms with Gasteiger partial charge < -0.3 is 10.8 Å². The first kappa shape index (κ1) is 13.9. The van der Waals surface area contributed by atoms with Crippen LogP contribution in [-0.4, -0.2) is 69.6 Å². The molecule has 2 fully saturated rings. The van der Waals surface area contributed by atoms with Crippen molar-refractivity contribution in [2.24, 2.45) is 0 Å². The summed E-state index contributed by atoms with van der Waals surface area (Å²) in [6, 6.07) is 1.41. The van der Waals surface area contributed by atoms with Crippen molar-refractivity contribution in [3.63, 3.8) is 0 Å². The second kappa shape index (κ2) is 5.71. The minimum Gasteiger partial charge on any atom is -0.396 e. The van der Waals surface area contributed by atoms with Gasteiger partial charge in [-0.15, -0.1) is 0 Å². The summed E-state index contributed by atoms with van der Waals surface area (Å²) in [4.78, 5) is 4.93. The van der Waals surface area contributed by atoms with Crippen LogP contribution in [0.25, 0.3) is 0 Å². The van der Waals surface area contributed by atoms with Crippen LogP contribution in [-0.2, 0) is 6.54 Å². The second-order valence-corrected chi connectivity index (χ2v) is 6.25. The van der Waals surface area contributed by atoms with E-state index >= 15 is 0 Å². The summed E-state index contributed by atoms with van der Waals surface area (Å²) >= 11 is 0. The first-order valence-electron chi connectivity index (χ1n) is 7.52. The highest BCUT2D eigenvalue weighted by molar-refractivity contribution is 5.30. The van der Waals surface area contributed by atoms with Crippen molar-refractivity contribution < 1.29 is 5.11 Å². The lowest BCUT2D eigenvalue weighted by atomic mass is 10.1. The van der Waals surface area contributed by atoms with Crippen molar-refractivity contribution in [2.75, 3.05) is 32.4 Å². The van der Waals surface area contributed by atoms with Gasteiger partial charge in [-0.25, -0.2) is 0 Å². The number of nitrogen functional groups attached to an aromatic ring is 1. The van der Waals surface area contributed by atoms with Gasteiger partial charge in [-0.2, -0.15) is 5.10 Å². The van der Waals surface area contributed by atoms with Gasteiger partial charge >= 0.3 is 0 Å². The third-order valence-corrected chi connectivity index (χ3v) is 4.75. The molecule has 0 amide bonds. The number of likely N-dealkylation sites (N-methyl/N-ethyl adjacent to an activating group) is 1. The number of fused-ring (bicyclic) bond motifs is 2. The zero-order valence-corrected chi connectivity index (χ0v) is 12.1. The molecule has 3 unspecified atom stereocenters. The highest BCUT2D eigenvalue weighted by atomic mass is 16.3. The molecule has 6 nitrogen and oxygen atoms in total. The standard InChI is InChI=1S/C14H25N5O/c1-17-12-2-3-13(17)8-18(5-4-12)9-14(20)10-19-7-11(15)6-16-19/h6-7,12-14,20H,2-5,8-10,15H2,1H3. The normalized spacial score (nSPS) is 29.5. The van der Waals surface area contributed by atoms with Gasteiger partial charge in [-0.05, 0) is 32.9 Å². The fraction of sp³-hybridized carbons (Fsp3) is 0.786. The number of hydrogen-bond donors (Lipinski definition) is 2. The van der Waals surface area contributed by atoms with E-state index in [4.69, 9.17) is 5.73 Å². The fourth-order valence-electron chi connectivity index (χ4n) is 3.60. The lowest BCUT2D eigenvalue weighted by Gasteiger charge is -2.27. The minimum absolute atomic E-state index is 0.392. The van der Waals surface area contributed by atoms with Gasteiger partial charge in [0.05, 0.1) is 24.5 Å². The number of aromatic nitrogens is 2. The molecule has 0 spiro atoms. The van der Waals surface area contributed by atoms with Crippen LogP contribution in [0.15, 0.2) is 12.4 Å². The van der Waals surface area contributed by atoms with Gasteiger partial charge in [0.2, 0.25) is 0 Å². The molecule has 2 aliphatic heterocycles. The first-order valence-corrected chi connectivity index (χ1v) is 7.52. The van der Waals surface area contributed by atoms with Crippen LogP contribution in [0.1, 0.15) is 19.3 Å². The summed E-state index contributed by atoms with van der Waals surface area (Å²) in [6.07, 6.45) is 6.84. The monoisotopic (exact) mass is 279 g/mol. The van der Waals surface area contributed by atoms with Gasteiger partial charge in [-0.3, -0.25) is 14.5 Å². The highest BCUT2D eigenvalue weighted by Gasteiger charge is 2.34. The van der Waals surface area contributed by atoms with Gasteiger partial charge in [0.15, 0.2) is 0 Å². The molecule has 1 aromatic heterocycles. The molecule has 3 N–H and O–H groups in total. The third kappa shape index (κ3) is 2.97. The van der Waals surface area contributed by atoms with Crippen molar-refractivity contribution in [2.45, 2.75) is 44.0 Å². The largest absolute Gasteiger partial charge is 0.396 e. The van der Waals surface area contributed by atoms with Crippen molar-refractivity contribution in [1.82, 2.24) is 19.6 Å². The van der Waals surface area contributed by atoms with Gasteiger partial charge in [0.25, 0.3) is 0 Å². The number of anilines is 1. The van der Waals surface area contributed by atoms with E-state index in [2.05, 4.69) is 21.9 Å². The van der Waals surface area contributed by atoms with E-state index in [0.717, 1.165) is 25.7 Å². The Morgan fingerprint density at radius 1 is 1.35 bits per heavy atom. The van der Waals surface area contributed by atoms with Crippen molar-refractivity contribution in [3.05, 3.63) is 12.4 Å². The predicted molar refractivity (Wildman–Crippen MR) is 78.3 cm³/mol. The van der Waals surface area contributed by atoms with E-state index in [1.54, 1.807) is 17.1 Å². The Labute approximate surface area is 120 Å². The number of nitrogens with zero attached hydrogens (tertiary/aromatic N) is 4. The molecule has 2 bridgehead atoms. The third-order valence-electron chi connectivity index (χ3n) is 4.75. The molecule has 1 aromatic rings. The number of aliphatic hydroxyl groups is 1. The molecule has 3 rings (SSSR count). The summed E-state index contributed by atoms with van der Waals surface area (Å²) in [7, 11) is 2.24. The summed E-state index contributed by atoms with van der Waals surface area (Å²) in [5.41, 5.74) is 6.28. The quantitative estimate of drug-likeness (QED) is 0.811. The maximum Gasteiger partial charge on any atom is 0.0862 e. The Morgan fingerprint density at radius 2 is 2.15 bits per heavy atom. The number of aliphatic hydroxyl groups excluding tert-OH is 1. The van der Waals surface area contributed by atoms with Crippen LogP contribution in [0.3, 0.4) is 0 Å². The van der Waals surface area contributed by atoms with Crippen molar-refractivity contribution in [1.29, 1.82) is 0 Å². The molecule has 20 heavy (non-hydrogen) atoms. The molecule has 0 radical (unpaired) electrons. The SMILES string of the molecule is CN1C2CCC1CN(CC(O)Cn1cc(N)cn1)CC2. The Balaban J connectivity index is 1.52. The van der Waals surface area contributed by atoms with E-state index < -0.39 is 6.10 Å². The Hall–Kier alpha value is -1.11. The topological polar surface area (TPSA) is 70.5 Å². The maximum absolute atomic E-state index is 10.2. The van der Waals surface area contributed by atoms with Crippen molar-refractivity contribution in [3.8, 4) is 0 Å². The zero-order valence-electron chi connectivity index (χ0n) is 12.1. The maximum atomic E-state index is 10.2. The van der Waals surface area contributed by atoms with Crippen LogP contribution in [0.2, 0.25) is 0 Å². The predicted octanol–water partition coefficient (Wildman–Crippen LogP) is -0.00530. The average Bonchev–Trinajstić information content (AvgIpc) is 2.88. The molecule has 2 saturated heterocycles. The number of rotatable bonds is 4. The smallest absolute Gasteiger partial charge is 0.0862 e. The van der Waals surface area contributed by atoms with Gasteiger partial charge in [0, 0.05) is 31.4 Å². The minimum atomic E-state index is -0.392. The molecule has 0 aromatic carbocycles. The lowest BCUT2D eigenvalue weighted by molar-refractivity contribution is 0.0901. The number of hydrogen-bond acceptors (Lipinski definition) is 5. The Bertz CT molecular complexity index is 449. The van der Waals surface area contributed by atoms with Crippen LogP contribution < -0.4 is 5.73 Å². The molecule has 6 heteroatoms. The van der Waals surface area contributed by atoms with Gasteiger partial charge in [-0.1, -0.05) is 0 Å². The second-order valence-electron chi connectivity index (χ2n) is 6.25. The molecule has 0 aliphatic carbocycles. The number of β-amino-alcohol motifs (C(OH)–C–C–N with tert-alkyl or cyclic N) is 1. The zero-order chi connectivity index (χ0) is 14.1.